The summed E-state index contributed by atoms with van der Waals surface area (Å²) in [7, 11) is 0. The number of benzene rings is 1. The molecule has 27 heavy (non-hydrogen) atoms. The van der Waals surface area contributed by atoms with Crippen LogP contribution >= 0.6 is 11.3 Å². The summed E-state index contributed by atoms with van der Waals surface area (Å²) < 4.78 is 19.3. The first-order valence-electron chi connectivity index (χ1n) is 8.37. The fraction of sp³-hybridized carbons (Fsp3) is 0.278. The van der Waals surface area contributed by atoms with Crippen LogP contribution in [0.15, 0.2) is 35.0 Å². The molecule has 0 radical (unpaired) electrons. The second kappa shape index (κ2) is 8.74. The van der Waals surface area contributed by atoms with Gasteiger partial charge in [-0.15, -0.1) is 0 Å². The van der Waals surface area contributed by atoms with E-state index in [1.54, 1.807) is 16.8 Å². The molecule has 1 aromatic heterocycles. The molecule has 1 atom stereocenters. The number of anilines is 2. The first kappa shape index (κ1) is 19.0. The summed E-state index contributed by atoms with van der Waals surface area (Å²) >= 11 is 1.35. The third-order valence-electron chi connectivity index (χ3n) is 3.98. The van der Waals surface area contributed by atoms with Crippen LogP contribution < -0.4 is 16.0 Å². The Morgan fingerprint density at radius 2 is 2.04 bits per heavy atom. The first-order chi connectivity index (χ1) is 13.0. The molecule has 3 rings (SSSR count). The Morgan fingerprint density at radius 1 is 1.19 bits per heavy atom. The number of rotatable bonds is 5. The van der Waals surface area contributed by atoms with Gasteiger partial charge in [0.15, 0.2) is 0 Å². The number of hydrogen-bond donors (Lipinski definition) is 3. The van der Waals surface area contributed by atoms with Crippen LogP contribution in [0.1, 0.15) is 23.2 Å². The van der Waals surface area contributed by atoms with Crippen molar-refractivity contribution in [3.63, 3.8) is 0 Å². The second-order valence-corrected chi connectivity index (χ2v) is 6.74. The van der Waals surface area contributed by atoms with E-state index in [2.05, 4.69) is 16.0 Å². The van der Waals surface area contributed by atoms with Gasteiger partial charge in [0.2, 0.25) is 0 Å². The van der Waals surface area contributed by atoms with Gasteiger partial charge < -0.3 is 20.7 Å². The predicted molar refractivity (Wildman–Crippen MR) is 99.3 cm³/mol. The van der Waals surface area contributed by atoms with Crippen molar-refractivity contribution in [1.29, 1.82) is 0 Å². The quantitative estimate of drug-likeness (QED) is 0.682. The van der Waals surface area contributed by atoms with Gasteiger partial charge >= 0.3 is 11.8 Å². The van der Waals surface area contributed by atoms with Crippen LogP contribution in [0, 0.1) is 5.82 Å². The van der Waals surface area contributed by atoms with E-state index in [-0.39, 0.29) is 24.0 Å². The third-order valence-corrected chi connectivity index (χ3v) is 4.66. The van der Waals surface area contributed by atoms with E-state index < -0.39 is 23.5 Å². The highest BCUT2D eigenvalue weighted by atomic mass is 32.1. The molecular formula is C18H18FN3O4S. The normalized spacial score (nSPS) is 16.0. The Balaban J connectivity index is 1.58. The molecule has 1 saturated heterocycles. The lowest BCUT2D eigenvalue weighted by molar-refractivity contribution is -0.136. The van der Waals surface area contributed by atoms with E-state index in [9.17, 15) is 18.8 Å². The van der Waals surface area contributed by atoms with Crippen molar-refractivity contribution in [1.82, 2.24) is 5.32 Å². The van der Waals surface area contributed by atoms with Crippen LogP contribution in [-0.4, -0.2) is 37.0 Å². The Bertz CT molecular complexity index is 835. The van der Waals surface area contributed by atoms with Crippen molar-refractivity contribution in [3.8, 4) is 0 Å². The van der Waals surface area contributed by atoms with Crippen LogP contribution in [0.2, 0.25) is 0 Å². The van der Waals surface area contributed by atoms with E-state index in [0.717, 1.165) is 18.9 Å². The van der Waals surface area contributed by atoms with Gasteiger partial charge in [0.05, 0.1) is 17.4 Å². The SMILES string of the molecule is O=C(NC[C@@H]1CCCO1)C(=O)Nc1ccc(F)c(NC(=O)c2ccsc2)c1. The fourth-order valence-corrected chi connectivity index (χ4v) is 3.20. The molecule has 7 nitrogen and oxygen atoms in total. The number of amides is 3. The molecule has 2 heterocycles. The Hall–Kier alpha value is -2.78. The molecule has 0 aliphatic carbocycles. The van der Waals surface area contributed by atoms with Crippen LogP contribution in [-0.2, 0) is 14.3 Å². The Labute approximate surface area is 158 Å². The summed E-state index contributed by atoms with van der Waals surface area (Å²) in [4.78, 5) is 35.9. The summed E-state index contributed by atoms with van der Waals surface area (Å²) in [6.07, 6.45) is 1.70. The molecule has 1 aromatic carbocycles. The smallest absolute Gasteiger partial charge is 0.313 e. The van der Waals surface area contributed by atoms with Gasteiger partial charge in [-0.1, -0.05) is 0 Å². The average molecular weight is 391 g/mol. The number of hydrogen-bond acceptors (Lipinski definition) is 5. The molecule has 2 aromatic rings. The fourth-order valence-electron chi connectivity index (χ4n) is 2.57. The van der Waals surface area contributed by atoms with Crippen molar-refractivity contribution in [2.45, 2.75) is 18.9 Å². The van der Waals surface area contributed by atoms with Gasteiger partial charge in [-0.3, -0.25) is 14.4 Å². The highest BCUT2D eigenvalue weighted by Crippen LogP contribution is 2.21. The van der Waals surface area contributed by atoms with Crippen molar-refractivity contribution in [3.05, 3.63) is 46.4 Å². The Morgan fingerprint density at radius 3 is 2.74 bits per heavy atom. The van der Waals surface area contributed by atoms with Gasteiger partial charge in [-0.05, 0) is 42.5 Å². The monoisotopic (exact) mass is 391 g/mol. The van der Waals surface area contributed by atoms with Gasteiger partial charge in [0.25, 0.3) is 5.91 Å². The molecule has 9 heteroatoms. The lowest BCUT2D eigenvalue weighted by atomic mass is 10.2. The number of carbonyl (C=O) groups excluding carboxylic acids is 3. The molecule has 1 aliphatic rings. The number of carbonyl (C=O) groups is 3. The highest BCUT2D eigenvalue weighted by molar-refractivity contribution is 7.08. The molecule has 0 saturated carbocycles. The van der Waals surface area contributed by atoms with Crippen LogP contribution in [0.3, 0.4) is 0 Å². The number of ether oxygens (including phenoxy) is 1. The standard InChI is InChI=1S/C18H18FN3O4S/c19-14-4-3-12(8-15(14)22-16(23)11-5-7-27-10-11)21-18(25)17(24)20-9-13-2-1-6-26-13/h3-5,7-8,10,13H,1-2,6,9H2,(H,20,24)(H,21,25)(H,22,23)/t13-/m0/s1. The van der Waals surface area contributed by atoms with Gasteiger partial charge in [-0.2, -0.15) is 11.3 Å². The largest absolute Gasteiger partial charge is 0.376 e. The molecule has 1 aliphatic heterocycles. The summed E-state index contributed by atoms with van der Waals surface area (Å²) in [5.41, 5.74) is 0.500. The van der Waals surface area contributed by atoms with Crippen molar-refractivity contribution >= 4 is 40.4 Å². The summed E-state index contributed by atoms with van der Waals surface area (Å²) in [5, 5.41) is 10.7. The first-order valence-corrected chi connectivity index (χ1v) is 9.31. The van der Waals surface area contributed by atoms with Crippen LogP contribution in [0.25, 0.3) is 0 Å². The van der Waals surface area contributed by atoms with Gasteiger partial charge in [0, 0.05) is 24.2 Å². The minimum atomic E-state index is -0.880. The predicted octanol–water partition coefficient (Wildman–Crippen LogP) is 2.37. The number of nitrogens with one attached hydrogen (secondary N) is 3. The number of halogens is 1. The average Bonchev–Trinajstić information content (AvgIpc) is 3.36. The molecule has 142 valence electrons. The Kier molecular flexibility index (Phi) is 6.15. The zero-order valence-electron chi connectivity index (χ0n) is 14.3. The zero-order valence-corrected chi connectivity index (χ0v) is 15.1. The van der Waals surface area contributed by atoms with Gasteiger partial charge in [0.1, 0.15) is 5.82 Å². The lowest BCUT2D eigenvalue weighted by Crippen LogP contribution is -2.39. The van der Waals surface area contributed by atoms with E-state index >= 15 is 0 Å². The van der Waals surface area contributed by atoms with E-state index in [1.165, 1.54) is 23.5 Å². The van der Waals surface area contributed by atoms with Crippen molar-refractivity contribution < 1.29 is 23.5 Å². The maximum Gasteiger partial charge on any atom is 0.313 e. The van der Waals surface area contributed by atoms with E-state index in [0.29, 0.717) is 12.2 Å². The molecule has 3 amide bonds. The van der Waals surface area contributed by atoms with Crippen molar-refractivity contribution in [2.24, 2.45) is 0 Å². The van der Waals surface area contributed by atoms with Gasteiger partial charge in [-0.25, -0.2) is 4.39 Å². The molecule has 0 unspecified atom stereocenters. The van der Waals surface area contributed by atoms with E-state index in [1.807, 2.05) is 0 Å². The zero-order chi connectivity index (χ0) is 19.2. The number of thiophene rings is 1. The van der Waals surface area contributed by atoms with Crippen molar-refractivity contribution in [2.75, 3.05) is 23.8 Å². The summed E-state index contributed by atoms with van der Waals surface area (Å²) in [6, 6.07) is 5.27. The topological polar surface area (TPSA) is 96.5 Å². The third kappa shape index (κ3) is 5.11. The maximum atomic E-state index is 13.9. The molecule has 1 fully saturated rings. The molecular weight excluding hydrogens is 373 g/mol. The summed E-state index contributed by atoms with van der Waals surface area (Å²) in [6.45, 7) is 0.916. The highest BCUT2D eigenvalue weighted by Gasteiger charge is 2.20. The van der Waals surface area contributed by atoms with Crippen LogP contribution in [0.4, 0.5) is 15.8 Å². The molecule has 3 N–H and O–H groups in total. The van der Waals surface area contributed by atoms with E-state index in [4.69, 9.17) is 4.74 Å². The molecule has 0 bridgehead atoms. The molecule has 0 spiro atoms. The lowest BCUT2D eigenvalue weighted by Gasteiger charge is -2.12. The van der Waals surface area contributed by atoms with Crippen LogP contribution in [0.5, 0.6) is 0 Å². The minimum Gasteiger partial charge on any atom is -0.376 e. The summed E-state index contributed by atoms with van der Waals surface area (Å²) in [5.74, 6) is -2.80. The second-order valence-electron chi connectivity index (χ2n) is 5.96. The maximum absolute atomic E-state index is 13.9. The minimum absolute atomic E-state index is 0.0773.